The van der Waals surface area contributed by atoms with E-state index < -0.39 is 14.9 Å². The van der Waals surface area contributed by atoms with Gasteiger partial charge in [-0.1, -0.05) is 74.8 Å². The molecule has 1 aliphatic rings. The number of phenolic OH excluding ortho intramolecular Hbond substituents is 1. The number of hydrogen-bond acceptors (Lipinski definition) is 4. The van der Waals surface area contributed by atoms with Crippen molar-refractivity contribution in [2.24, 2.45) is 11.8 Å². The third-order valence-corrected chi connectivity index (χ3v) is 9.62. The minimum Gasteiger partial charge on any atom is -0.506 e. The number of rotatable bonds is 5. The molecule has 2 aromatic rings. The van der Waals surface area contributed by atoms with Crippen LogP contribution in [-0.2, 0) is 14.9 Å². The maximum Gasteiger partial charge on any atom is 0.295 e. The zero-order valence-corrected chi connectivity index (χ0v) is 24.5. The van der Waals surface area contributed by atoms with Gasteiger partial charge >= 0.3 is 0 Å². The summed E-state index contributed by atoms with van der Waals surface area (Å²) in [4.78, 5) is 12.3. The second kappa shape index (κ2) is 10.3. The number of halogens is 2. The van der Waals surface area contributed by atoms with Crippen LogP contribution in [0, 0.1) is 18.8 Å². The predicted molar refractivity (Wildman–Crippen MR) is 147 cm³/mol. The topological polar surface area (TPSA) is 91.7 Å². The number of carbonyl (C=O) groups is 1. The van der Waals surface area contributed by atoms with Gasteiger partial charge in [0.2, 0.25) is 0 Å². The van der Waals surface area contributed by atoms with Crippen LogP contribution in [0.15, 0.2) is 56.9 Å². The number of ketones is 1. The molecule has 0 fully saturated rings. The fourth-order valence-corrected chi connectivity index (χ4v) is 6.16. The molecule has 0 spiro atoms. The van der Waals surface area contributed by atoms with Crippen LogP contribution >= 0.6 is 31.9 Å². The van der Waals surface area contributed by atoms with E-state index in [1.807, 2.05) is 53.7 Å². The zero-order chi connectivity index (χ0) is 26.4. The Hall–Kier alpha value is -1.74. The molecule has 188 valence electrons. The largest absolute Gasteiger partial charge is 0.506 e. The van der Waals surface area contributed by atoms with Crippen molar-refractivity contribution >= 4 is 53.3 Å². The van der Waals surface area contributed by atoms with Crippen LogP contribution in [-0.4, -0.2) is 28.7 Å². The first-order chi connectivity index (χ1) is 16.2. The summed E-state index contributed by atoms with van der Waals surface area (Å²) < 4.78 is 35.5. The van der Waals surface area contributed by atoms with E-state index in [1.165, 1.54) is 6.07 Å². The van der Waals surface area contributed by atoms with E-state index in [4.69, 9.17) is 0 Å². The number of aromatic hydroxyl groups is 1. The van der Waals surface area contributed by atoms with Crippen molar-refractivity contribution < 1.29 is 22.9 Å². The molecular weight excluding hydrogens is 596 g/mol. The molecule has 2 aromatic carbocycles. The summed E-state index contributed by atoms with van der Waals surface area (Å²) in [5.41, 5.74) is 4.48. The van der Waals surface area contributed by atoms with Gasteiger partial charge in [0.05, 0.1) is 9.30 Å². The van der Waals surface area contributed by atoms with Crippen molar-refractivity contribution in [1.29, 1.82) is 0 Å². The highest BCUT2D eigenvalue weighted by molar-refractivity contribution is 9.10. The molecule has 0 aliphatic heterocycles. The average Bonchev–Trinajstić information content (AvgIpc) is 2.78. The number of allylic oxidation sites excluding steroid dienone is 3. The third kappa shape index (κ3) is 5.22. The van der Waals surface area contributed by atoms with Gasteiger partial charge in [-0.25, -0.2) is 0 Å². The van der Waals surface area contributed by atoms with Crippen molar-refractivity contribution in [3.63, 3.8) is 0 Å². The van der Waals surface area contributed by atoms with Gasteiger partial charge in [0.1, 0.15) is 10.6 Å². The number of benzene rings is 2. The molecule has 0 amide bonds. The number of hydrogen-bond donors (Lipinski definition) is 2. The van der Waals surface area contributed by atoms with Crippen LogP contribution in [0.2, 0.25) is 0 Å². The van der Waals surface area contributed by atoms with E-state index in [0.29, 0.717) is 37.9 Å². The van der Waals surface area contributed by atoms with E-state index >= 15 is 0 Å². The molecule has 0 heterocycles. The SMILES string of the molecule is Cc1c(/C(=C2\C=C(C(C)C)C(=O)[C@H](Br)[C@@H]2C)c2ccccc2S(=O)(=O)O)cc(C(C)C)c(O)c1Br. The van der Waals surface area contributed by atoms with Crippen LogP contribution in [0.25, 0.3) is 5.57 Å². The van der Waals surface area contributed by atoms with Gasteiger partial charge in [-0.05, 0) is 80.2 Å². The second-order valence-electron chi connectivity index (χ2n) is 9.57. The molecule has 35 heavy (non-hydrogen) atoms. The molecule has 0 unspecified atom stereocenters. The molecule has 0 saturated carbocycles. The van der Waals surface area contributed by atoms with Crippen LogP contribution in [0.1, 0.15) is 62.8 Å². The van der Waals surface area contributed by atoms with E-state index in [1.54, 1.807) is 18.2 Å². The minimum absolute atomic E-state index is 0.00476. The summed E-state index contributed by atoms with van der Waals surface area (Å²) in [6, 6.07) is 8.19. The van der Waals surface area contributed by atoms with Crippen LogP contribution in [0.3, 0.4) is 0 Å². The number of Topliss-reactive ketones (excluding diaryl/α,β-unsaturated/α-hetero) is 1. The monoisotopic (exact) mass is 624 g/mol. The summed E-state index contributed by atoms with van der Waals surface area (Å²) in [6.45, 7) is 11.6. The summed E-state index contributed by atoms with van der Waals surface area (Å²) in [5, 5.41) is 10.8. The summed E-state index contributed by atoms with van der Waals surface area (Å²) in [6.07, 6.45) is 1.86. The van der Waals surface area contributed by atoms with Gasteiger partial charge in [-0.15, -0.1) is 0 Å². The van der Waals surface area contributed by atoms with Gasteiger partial charge in [-0.3, -0.25) is 9.35 Å². The minimum atomic E-state index is -4.55. The Morgan fingerprint density at radius 2 is 1.66 bits per heavy atom. The molecule has 5 nitrogen and oxygen atoms in total. The highest BCUT2D eigenvalue weighted by Gasteiger charge is 2.36. The van der Waals surface area contributed by atoms with E-state index in [2.05, 4.69) is 31.9 Å². The fourth-order valence-electron chi connectivity index (χ4n) is 4.47. The highest BCUT2D eigenvalue weighted by atomic mass is 79.9. The Morgan fingerprint density at radius 1 is 1.06 bits per heavy atom. The zero-order valence-electron chi connectivity index (χ0n) is 20.6. The Morgan fingerprint density at radius 3 is 2.20 bits per heavy atom. The van der Waals surface area contributed by atoms with Gasteiger partial charge in [0.25, 0.3) is 10.1 Å². The Bertz CT molecular complexity index is 1350. The molecule has 2 N–H and O–H groups in total. The van der Waals surface area contributed by atoms with Crippen LogP contribution in [0.4, 0.5) is 0 Å². The van der Waals surface area contributed by atoms with E-state index in [-0.39, 0.29) is 34.2 Å². The number of alkyl halides is 1. The average molecular weight is 626 g/mol. The van der Waals surface area contributed by atoms with Gasteiger partial charge in [0.15, 0.2) is 5.78 Å². The lowest BCUT2D eigenvalue weighted by Gasteiger charge is -2.31. The third-order valence-electron chi connectivity index (χ3n) is 6.53. The first kappa shape index (κ1) is 27.8. The van der Waals surface area contributed by atoms with Crippen LogP contribution in [0.5, 0.6) is 5.75 Å². The molecule has 8 heteroatoms. The standard InChI is InChI=1S/C27H30Br2O5S/c1-13(2)18-11-20(15(5)24(28)26(18)30)23(17-9-7-8-10-22(17)35(32,33)34)21-12-19(14(3)4)27(31)25(29)16(21)6/h7-15,24,31H,1-6H3,(H,32,33,34)/b23-20+/t15-,24-/m1/s1. The van der Waals surface area contributed by atoms with Crippen molar-refractivity contribution in [3.8, 4) is 5.75 Å². The van der Waals surface area contributed by atoms with Gasteiger partial charge in [-0.2, -0.15) is 8.42 Å². The van der Waals surface area contributed by atoms with Crippen molar-refractivity contribution in [1.82, 2.24) is 0 Å². The molecule has 0 bridgehead atoms. The predicted octanol–water partition coefficient (Wildman–Crippen LogP) is 7.20. The van der Waals surface area contributed by atoms with Crippen LogP contribution < -0.4 is 0 Å². The molecule has 0 radical (unpaired) electrons. The molecule has 2 atom stereocenters. The summed E-state index contributed by atoms with van der Waals surface area (Å²) >= 11 is 7.11. The summed E-state index contributed by atoms with van der Waals surface area (Å²) in [5.74, 6) is -0.196. The lowest BCUT2D eigenvalue weighted by Crippen LogP contribution is -2.31. The van der Waals surface area contributed by atoms with Crippen molar-refractivity contribution in [3.05, 3.63) is 74.3 Å². The quantitative estimate of drug-likeness (QED) is 0.271. The Balaban J connectivity index is 2.61. The lowest BCUT2D eigenvalue weighted by molar-refractivity contribution is -0.116. The Labute approximate surface area is 224 Å². The first-order valence-electron chi connectivity index (χ1n) is 11.4. The van der Waals surface area contributed by atoms with Gasteiger partial charge < -0.3 is 5.11 Å². The molecule has 1 aliphatic carbocycles. The maximum atomic E-state index is 13.0. The second-order valence-corrected chi connectivity index (χ2v) is 12.7. The lowest BCUT2D eigenvalue weighted by atomic mass is 9.76. The molecule has 3 rings (SSSR count). The highest BCUT2D eigenvalue weighted by Crippen LogP contribution is 2.46. The van der Waals surface area contributed by atoms with E-state index in [0.717, 1.165) is 5.57 Å². The summed E-state index contributed by atoms with van der Waals surface area (Å²) in [7, 11) is -4.55. The van der Waals surface area contributed by atoms with Crippen molar-refractivity contribution in [2.45, 2.75) is 57.2 Å². The molecule has 0 aromatic heterocycles. The normalized spacial score (nSPS) is 20.4. The van der Waals surface area contributed by atoms with E-state index in [9.17, 15) is 22.9 Å². The first-order valence-corrected chi connectivity index (χ1v) is 14.6. The molecular formula is C27H30Br2O5S. The smallest absolute Gasteiger partial charge is 0.295 e. The van der Waals surface area contributed by atoms with Gasteiger partial charge in [0, 0.05) is 11.5 Å². The fraction of sp³-hybridized carbons (Fsp3) is 0.370. The number of carbonyl (C=O) groups excluding carboxylic acids is 1. The Kier molecular flexibility index (Phi) is 8.21. The number of phenols is 1. The molecule has 0 saturated heterocycles. The van der Waals surface area contributed by atoms with Crippen molar-refractivity contribution in [2.75, 3.05) is 0 Å². The maximum absolute atomic E-state index is 13.0.